The van der Waals surface area contributed by atoms with Gasteiger partial charge in [0.2, 0.25) is 5.91 Å². The van der Waals surface area contributed by atoms with Crippen LogP contribution in [0.25, 0.3) is 0 Å². The normalized spacial score (nSPS) is 10.4. The maximum absolute atomic E-state index is 12.4. The van der Waals surface area contributed by atoms with Gasteiger partial charge in [0.25, 0.3) is 0 Å². The number of carbonyl (C=O) groups is 3. The lowest BCUT2D eigenvalue weighted by Crippen LogP contribution is -2.21. The van der Waals surface area contributed by atoms with Gasteiger partial charge >= 0.3 is 5.97 Å². The number of nitrogens with one attached hydrogen (secondary N) is 1. The van der Waals surface area contributed by atoms with Crippen molar-refractivity contribution in [1.82, 2.24) is 5.32 Å². The molecule has 0 atom stereocenters. The van der Waals surface area contributed by atoms with Crippen LogP contribution in [0.1, 0.15) is 56.3 Å². The largest absolute Gasteiger partial charge is 0.454 e. The number of carbonyl (C=O) groups excluding carboxylic acids is 3. The summed E-state index contributed by atoms with van der Waals surface area (Å²) in [5, 5.41) is 2.76. The maximum Gasteiger partial charge on any atom is 0.339 e. The third kappa shape index (κ3) is 6.05. The van der Waals surface area contributed by atoms with E-state index in [0.717, 1.165) is 35.1 Å². The summed E-state index contributed by atoms with van der Waals surface area (Å²) in [6.45, 7) is 7.54. The summed E-state index contributed by atoms with van der Waals surface area (Å²) in [5.41, 5.74) is 4.89. The van der Waals surface area contributed by atoms with Crippen LogP contribution in [0.3, 0.4) is 0 Å². The highest BCUT2D eigenvalue weighted by molar-refractivity contribution is 6.00. The molecule has 0 spiro atoms. The first kappa shape index (κ1) is 21.4. The van der Waals surface area contributed by atoms with Crippen molar-refractivity contribution in [2.24, 2.45) is 0 Å². The van der Waals surface area contributed by atoms with Crippen molar-refractivity contribution in [3.05, 3.63) is 69.8 Å². The molecule has 0 aliphatic carbocycles. The van der Waals surface area contributed by atoms with E-state index in [1.165, 1.54) is 6.92 Å². The number of ether oxygens (including phenoxy) is 1. The van der Waals surface area contributed by atoms with Crippen molar-refractivity contribution in [3.8, 4) is 0 Å². The zero-order valence-electron chi connectivity index (χ0n) is 16.9. The molecule has 5 heteroatoms. The lowest BCUT2D eigenvalue weighted by molar-refractivity contribution is -0.118. The van der Waals surface area contributed by atoms with Crippen molar-refractivity contribution in [1.29, 1.82) is 0 Å². The molecular formula is C23H27NO4. The Bertz CT molecular complexity index is 846. The molecular weight excluding hydrogens is 354 g/mol. The van der Waals surface area contributed by atoms with E-state index in [4.69, 9.17) is 4.74 Å². The van der Waals surface area contributed by atoms with Gasteiger partial charge in [0, 0.05) is 19.0 Å². The zero-order chi connectivity index (χ0) is 20.7. The van der Waals surface area contributed by atoms with Crippen molar-refractivity contribution < 1.29 is 19.1 Å². The van der Waals surface area contributed by atoms with Crippen LogP contribution in [0.15, 0.2) is 36.4 Å². The fourth-order valence-electron chi connectivity index (χ4n) is 3.20. The second-order valence-corrected chi connectivity index (χ2v) is 7.06. The highest BCUT2D eigenvalue weighted by Gasteiger charge is 2.16. The molecule has 0 radical (unpaired) electrons. The van der Waals surface area contributed by atoms with E-state index >= 15 is 0 Å². The second kappa shape index (κ2) is 9.83. The Morgan fingerprint density at radius 2 is 1.57 bits per heavy atom. The zero-order valence-corrected chi connectivity index (χ0v) is 16.9. The predicted octanol–water partition coefficient (Wildman–Crippen LogP) is 3.72. The number of benzene rings is 2. The van der Waals surface area contributed by atoms with Crippen LogP contribution in [-0.4, -0.2) is 30.8 Å². The van der Waals surface area contributed by atoms with E-state index in [1.807, 2.05) is 45.0 Å². The number of Topliss-reactive ketones (excluding diaryl/α,β-unsaturated/α-hetero) is 1. The van der Waals surface area contributed by atoms with E-state index in [-0.39, 0.29) is 18.3 Å². The summed E-state index contributed by atoms with van der Waals surface area (Å²) in [6.07, 6.45) is 1.65. The van der Waals surface area contributed by atoms with Crippen LogP contribution < -0.4 is 5.32 Å². The van der Waals surface area contributed by atoms with Gasteiger partial charge in [-0.3, -0.25) is 9.59 Å². The fraction of sp³-hybridized carbons (Fsp3) is 0.348. The first-order valence-corrected chi connectivity index (χ1v) is 9.39. The molecule has 0 fully saturated rings. The summed E-state index contributed by atoms with van der Waals surface area (Å²) in [4.78, 5) is 35.5. The number of hydrogen-bond acceptors (Lipinski definition) is 4. The molecule has 0 aliphatic heterocycles. The van der Waals surface area contributed by atoms with E-state index < -0.39 is 5.97 Å². The van der Waals surface area contributed by atoms with Crippen LogP contribution in [0.4, 0.5) is 0 Å². The Balaban J connectivity index is 1.89. The van der Waals surface area contributed by atoms with E-state index in [1.54, 1.807) is 12.1 Å². The average molecular weight is 381 g/mol. The Morgan fingerprint density at radius 3 is 2.14 bits per heavy atom. The Morgan fingerprint density at radius 1 is 0.964 bits per heavy atom. The first-order valence-electron chi connectivity index (χ1n) is 9.39. The third-order valence-electron chi connectivity index (χ3n) is 4.51. The van der Waals surface area contributed by atoms with Gasteiger partial charge < -0.3 is 10.1 Å². The van der Waals surface area contributed by atoms with Gasteiger partial charge in [0.15, 0.2) is 12.4 Å². The highest BCUT2D eigenvalue weighted by atomic mass is 16.5. The van der Waals surface area contributed by atoms with Crippen molar-refractivity contribution in [3.63, 3.8) is 0 Å². The van der Waals surface area contributed by atoms with E-state index in [2.05, 4.69) is 5.32 Å². The molecule has 2 aromatic carbocycles. The van der Waals surface area contributed by atoms with Gasteiger partial charge in [-0.2, -0.15) is 0 Å². The minimum absolute atomic E-state index is 0.0356. The number of esters is 1. The van der Waals surface area contributed by atoms with E-state index in [0.29, 0.717) is 17.7 Å². The Labute approximate surface area is 166 Å². The smallest absolute Gasteiger partial charge is 0.339 e. The third-order valence-corrected chi connectivity index (χ3v) is 4.51. The molecule has 5 nitrogen and oxygen atoms in total. The lowest BCUT2D eigenvalue weighted by Gasteiger charge is -2.11. The van der Waals surface area contributed by atoms with Gasteiger partial charge in [-0.15, -0.1) is 0 Å². The second-order valence-electron chi connectivity index (χ2n) is 7.06. The van der Waals surface area contributed by atoms with Gasteiger partial charge in [-0.1, -0.05) is 42.0 Å². The summed E-state index contributed by atoms with van der Waals surface area (Å²) < 4.78 is 5.25. The molecule has 148 valence electrons. The van der Waals surface area contributed by atoms with Gasteiger partial charge in [-0.25, -0.2) is 4.79 Å². The fourth-order valence-corrected chi connectivity index (χ4v) is 3.20. The van der Waals surface area contributed by atoms with Crippen molar-refractivity contribution in [2.75, 3.05) is 13.2 Å². The number of rotatable bonds is 8. The molecule has 1 amide bonds. The minimum Gasteiger partial charge on any atom is -0.454 e. The van der Waals surface area contributed by atoms with Crippen LogP contribution in [-0.2, 0) is 16.0 Å². The monoisotopic (exact) mass is 381 g/mol. The first-order chi connectivity index (χ1) is 13.3. The molecule has 0 unspecified atom stereocenters. The molecule has 1 N–H and O–H groups in total. The molecule has 2 aromatic rings. The Kier molecular flexibility index (Phi) is 7.50. The SMILES string of the molecule is CC(=O)NCCCc1ccc(C(=O)COC(=O)c2c(C)cc(C)cc2C)cc1. The molecule has 0 saturated heterocycles. The average Bonchev–Trinajstić information content (AvgIpc) is 2.62. The lowest BCUT2D eigenvalue weighted by atomic mass is 10.00. The summed E-state index contributed by atoms with van der Waals surface area (Å²) in [5.74, 6) is -0.745. The van der Waals surface area contributed by atoms with Gasteiger partial charge in [-0.05, 0) is 50.3 Å². The Hall–Kier alpha value is -2.95. The molecule has 0 heterocycles. The van der Waals surface area contributed by atoms with Gasteiger partial charge in [0.05, 0.1) is 5.56 Å². The number of hydrogen-bond donors (Lipinski definition) is 1. The standard InChI is InChI=1S/C23H27NO4/c1-15-12-16(2)22(17(3)13-15)23(27)28-14-21(26)20-9-7-19(8-10-20)6-5-11-24-18(4)25/h7-10,12-13H,5-6,11,14H2,1-4H3,(H,24,25). The summed E-state index contributed by atoms with van der Waals surface area (Å²) >= 11 is 0. The minimum atomic E-state index is -0.474. The molecule has 0 aliphatic rings. The molecule has 0 aromatic heterocycles. The summed E-state index contributed by atoms with van der Waals surface area (Å²) in [7, 11) is 0. The van der Waals surface area contributed by atoms with Crippen LogP contribution in [0.2, 0.25) is 0 Å². The van der Waals surface area contributed by atoms with E-state index in [9.17, 15) is 14.4 Å². The van der Waals surface area contributed by atoms with Crippen LogP contribution in [0, 0.1) is 20.8 Å². The van der Waals surface area contributed by atoms with Crippen LogP contribution >= 0.6 is 0 Å². The molecule has 2 rings (SSSR count). The molecule has 0 saturated carbocycles. The quantitative estimate of drug-likeness (QED) is 0.430. The van der Waals surface area contributed by atoms with Crippen molar-refractivity contribution >= 4 is 17.7 Å². The van der Waals surface area contributed by atoms with Gasteiger partial charge in [0.1, 0.15) is 0 Å². The predicted molar refractivity (Wildman–Crippen MR) is 109 cm³/mol. The topological polar surface area (TPSA) is 72.5 Å². The number of ketones is 1. The summed E-state index contributed by atoms with van der Waals surface area (Å²) in [6, 6.07) is 11.1. The van der Waals surface area contributed by atoms with Crippen molar-refractivity contribution in [2.45, 2.75) is 40.5 Å². The number of aryl methyl sites for hydroxylation is 4. The molecule has 28 heavy (non-hydrogen) atoms. The maximum atomic E-state index is 12.4. The molecule has 0 bridgehead atoms. The highest BCUT2D eigenvalue weighted by Crippen LogP contribution is 2.17. The number of amides is 1. The van der Waals surface area contributed by atoms with Crippen LogP contribution in [0.5, 0.6) is 0 Å².